The zero-order valence-electron chi connectivity index (χ0n) is 16.0. The van der Waals surface area contributed by atoms with E-state index in [0.29, 0.717) is 28.1 Å². The van der Waals surface area contributed by atoms with E-state index in [1.165, 1.54) is 12.8 Å². The molecule has 4 aromatic rings. The van der Waals surface area contributed by atoms with Gasteiger partial charge in [0, 0.05) is 18.3 Å². The van der Waals surface area contributed by atoms with Crippen LogP contribution in [0.2, 0.25) is 5.02 Å². The van der Waals surface area contributed by atoms with Crippen molar-refractivity contribution in [3.63, 3.8) is 0 Å². The van der Waals surface area contributed by atoms with Crippen molar-refractivity contribution < 1.29 is 4.74 Å². The van der Waals surface area contributed by atoms with Gasteiger partial charge < -0.3 is 15.0 Å². The van der Waals surface area contributed by atoms with Gasteiger partial charge in [0.1, 0.15) is 22.9 Å². The number of ether oxygens (including phenoxy) is 1. The molecule has 0 spiro atoms. The highest BCUT2D eigenvalue weighted by Crippen LogP contribution is 2.32. The Hall–Kier alpha value is -2.99. The lowest BCUT2D eigenvalue weighted by molar-refractivity contribution is 0.415. The number of aromatic amines is 1. The Bertz CT molecular complexity index is 1270. The van der Waals surface area contributed by atoms with Crippen molar-refractivity contribution in [3.8, 4) is 17.0 Å². The normalized spacial score (nSPS) is 14.7. The standard InChI is InChI=1S/C22H21ClN4O2/c1-29-16-8-6-13-10-17(22(28)25-18(13)11-16)20-21(24-15-4-2-3-5-15)27-12-14(23)7-9-19(27)26-20/h6-12,15,24H,2-5H2,1H3,(H,25,28). The van der Waals surface area contributed by atoms with Crippen molar-refractivity contribution in [2.24, 2.45) is 0 Å². The highest BCUT2D eigenvalue weighted by Gasteiger charge is 2.22. The minimum absolute atomic E-state index is 0.185. The molecule has 7 heteroatoms. The smallest absolute Gasteiger partial charge is 0.258 e. The second-order valence-corrected chi connectivity index (χ2v) is 7.91. The number of fused-ring (bicyclic) bond motifs is 2. The summed E-state index contributed by atoms with van der Waals surface area (Å²) in [6.45, 7) is 0. The first-order valence-corrected chi connectivity index (χ1v) is 10.2. The van der Waals surface area contributed by atoms with Gasteiger partial charge in [-0.25, -0.2) is 4.98 Å². The number of imidazole rings is 1. The molecular formula is C22H21ClN4O2. The van der Waals surface area contributed by atoms with Crippen molar-refractivity contribution in [3.05, 3.63) is 58.0 Å². The summed E-state index contributed by atoms with van der Waals surface area (Å²) in [5, 5.41) is 5.16. The third-order valence-corrected chi connectivity index (χ3v) is 5.81. The number of nitrogens with zero attached hydrogens (tertiary/aromatic N) is 2. The van der Waals surface area contributed by atoms with Crippen LogP contribution in [-0.2, 0) is 0 Å². The maximum atomic E-state index is 13.0. The summed E-state index contributed by atoms with van der Waals surface area (Å²) in [4.78, 5) is 20.7. The van der Waals surface area contributed by atoms with Crippen LogP contribution in [0.4, 0.5) is 5.82 Å². The van der Waals surface area contributed by atoms with Gasteiger partial charge in [0.2, 0.25) is 0 Å². The van der Waals surface area contributed by atoms with Crippen LogP contribution in [0, 0.1) is 0 Å². The predicted molar refractivity (Wildman–Crippen MR) is 116 cm³/mol. The molecule has 0 bridgehead atoms. The molecule has 0 unspecified atom stereocenters. The maximum absolute atomic E-state index is 13.0. The van der Waals surface area contributed by atoms with Crippen LogP contribution in [-0.4, -0.2) is 27.5 Å². The van der Waals surface area contributed by atoms with Crippen LogP contribution < -0.4 is 15.6 Å². The van der Waals surface area contributed by atoms with E-state index in [9.17, 15) is 4.79 Å². The molecule has 3 aromatic heterocycles. The van der Waals surface area contributed by atoms with E-state index in [4.69, 9.17) is 21.3 Å². The molecule has 3 heterocycles. The number of rotatable bonds is 4. The van der Waals surface area contributed by atoms with E-state index in [1.807, 2.05) is 47.0 Å². The summed E-state index contributed by atoms with van der Waals surface area (Å²) in [6, 6.07) is 11.6. The van der Waals surface area contributed by atoms with Gasteiger partial charge in [0.15, 0.2) is 0 Å². The van der Waals surface area contributed by atoms with E-state index >= 15 is 0 Å². The fourth-order valence-electron chi connectivity index (χ4n) is 4.09. The van der Waals surface area contributed by atoms with Crippen LogP contribution in [0.15, 0.2) is 47.4 Å². The summed E-state index contributed by atoms with van der Waals surface area (Å²) in [5.41, 5.74) is 2.46. The van der Waals surface area contributed by atoms with Crippen LogP contribution >= 0.6 is 11.6 Å². The summed E-state index contributed by atoms with van der Waals surface area (Å²) in [7, 11) is 1.61. The molecule has 1 aliphatic rings. The zero-order chi connectivity index (χ0) is 20.0. The molecule has 0 radical (unpaired) electrons. The largest absolute Gasteiger partial charge is 0.497 e. The second kappa shape index (κ2) is 7.12. The number of anilines is 1. The minimum Gasteiger partial charge on any atom is -0.497 e. The lowest BCUT2D eigenvalue weighted by Gasteiger charge is -2.15. The number of aromatic nitrogens is 3. The van der Waals surface area contributed by atoms with E-state index < -0.39 is 0 Å². The molecule has 0 amide bonds. The van der Waals surface area contributed by atoms with E-state index in [2.05, 4.69) is 10.3 Å². The van der Waals surface area contributed by atoms with Gasteiger partial charge in [0.05, 0.1) is 23.2 Å². The summed E-state index contributed by atoms with van der Waals surface area (Å²) >= 11 is 6.24. The van der Waals surface area contributed by atoms with E-state index in [0.717, 1.165) is 35.2 Å². The SMILES string of the molecule is COc1ccc2cc(-c3nc4ccc(Cl)cn4c3NC3CCCC3)c(=O)[nH]c2c1. The average molecular weight is 409 g/mol. The summed E-state index contributed by atoms with van der Waals surface area (Å²) < 4.78 is 7.20. The molecule has 1 aromatic carbocycles. The fraction of sp³-hybridized carbons (Fsp3) is 0.273. The summed E-state index contributed by atoms with van der Waals surface area (Å²) in [6.07, 6.45) is 6.48. The molecule has 1 aliphatic carbocycles. The zero-order valence-corrected chi connectivity index (χ0v) is 16.8. The van der Waals surface area contributed by atoms with Crippen LogP contribution in [0.1, 0.15) is 25.7 Å². The van der Waals surface area contributed by atoms with Crippen LogP contribution in [0.3, 0.4) is 0 Å². The number of nitrogens with one attached hydrogen (secondary N) is 2. The van der Waals surface area contributed by atoms with Gasteiger partial charge in [0.25, 0.3) is 5.56 Å². The Morgan fingerprint density at radius 2 is 2.03 bits per heavy atom. The molecule has 0 aliphatic heterocycles. The molecule has 0 saturated heterocycles. The highest BCUT2D eigenvalue weighted by atomic mass is 35.5. The Morgan fingerprint density at radius 3 is 2.83 bits per heavy atom. The lowest BCUT2D eigenvalue weighted by Crippen LogP contribution is -2.17. The molecule has 29 heavy (non-hydrogen) atoms. The van der Waals surface area contributed by atoms with Crippen molar-refractivity contribution >= 4 is 34.0 Å². The quantitative estimate of drug-likeness (QED) is 0.506. The van der Waals surface area contributed by atoms with Gasteiger partial charge in [-0.05, 0) is 48.6 Å². The molecule has 5 rings (SSSR count). The number of pyridine rings is 2. The number of hydrogen-bond acceptors (Lipinski definition) is 4. The maximum Gasteiger partial charge on any atom is 0.258 e. The van der Waals surface area contributed by atoms with Crippen LogP contribution in [0.25, 0.3) is 27.8 Å². The first-order chi connectivity index (χ1) is 14.1. The second-order valence-electron chi connectivity index (χ2n) is 7.48. The first kappa shape index (κ1) is 18.1. The molecule has 0 atom stereocenters. The van der Waals surface area contributed by atoms with E-state index in [-0.39, 0.29) is 5.56 Å². The number of benzene rings is 1. The van der Waals surface area contributed by atoms with Crippen molar-refractivity contribution in [1.82, 2.24) is 14.4 Å². The van der Waals surface area contributed by atoms with Gasteiger partial charge >= 0.3 is 0 Å². The molecular weight excluding hydrogens is 388 g/mol. The van der Waals surface area contributed by atoms with Crippen molar-refractivity contribution in [1.29, 1.82) is 0 Å². The van der Waals surface area contributed by atoms with Crippen molar-refractivity contribution in [2.45, 2.75) is 31.7 Å². The van der Waals surface area contributed by atoms with Crippen LogP contribution in [0.5, 0.6) is 5.75 Å². The summed E-state index contributed by atoms with van der Waals surface area (Å²) in [5.74, 6) is 1.51. The molecule has 1 saturated carbocycles. The Kier molecular flexibility index (Phi) is 4.43. The third kappa shape index (κ3) is 3.23. The Morgan fingerprint density at radius 1 is 1.21 bits per heavy atom. The average Bonchev–Trinajstić information content (AvgIpc) is 3.35. The van der Waals surface area contributed by atoms with Crippen molar-refractivity contribution in [2.75, 3.05) is 12.4 Å². The van der Waals surface area contributed by atoms with Gasteiger partial charge in [-0.1, -0.05) is 24.4 Å². The fourth-order valence-corrected chi connectivity index (χ4v) is 4.25. The number of hydrogen-bond donors (Lipinski definition) is 2. The third-order valence-electron chi connectivity index (χ3n) is 5.59. The predicted octanol–water partition coefficient (Wildman–Crippen LogP) is 4.86. The first-order valence-electron chi connectivity index (χ1n) is 9.78. The highest BCUT2D eigenvalue weighted by molar-refractivity contribution is 6.30. The topological polar surface area (TPSA) is 71.4 Å². The molecule has 6 nitrogen and oxygen atoms in total. The number of H-pyrrole nitrogens is 1. The molecule has 148 valence electrons. The van der Waals surface area contributed by atoms with Gasteiger partial charge in [-0.15, -0.1) is 0 Å². The van der Waals surface area contributed by atoms with Gasteiger partial charge in [-0.3, -0.25) is 9.20 Å². The lowest BCUT2D eigenvalue weighted by atomic mass is 10.1. The molecule has 1 fully saturated rings. The Labute approximate surface area is 172 Å². The monoisotopic (exact) mass is 408 g/mol. The van der Waals surface area contributed by atoms with E-state index in [1.54, 1.807) is 7.11 Å². The van der Waals surface area contributed by atoms with Gasteiger partial charge in [-0.2, -0.15) is 0 Å². The minimum atomic E-state index is -0.185. The Balaban J connectivity index is 1.71. The molecule has 2 N–H and O–H groups in total. The number of methoxy groups -OCH3 is 1. The number of halogens is 1.